The molecule has 0 saturated carbocycles. The highest BCUT2D eigenvalue weighted by molar-refractivity contribution is 7.80. The average Bonchev–Trinajstić information content (AvgIpc) is 2.67. The fourth-order valence-corrected chi connectivity index (χ4v) is 2.41. The first kappa shape index (κ1) is 20.1. The number of rotatable bonds is 6. The van der Waals surface area contributed by atoms with Gasteiger partial charge in [0.1, 0.15) is 5.75 Å². The predicted molar refractivity (Wildman–Crippen MR) is 109 cm³/mol. The Kier molecular flexibility index (Phi) is 7.51. The fourth-order valence-electron chi connectivity index (χ4n) is 2.20. The molecule has 0 unspecified atom stereocenters. The summed E-state index contributed by atoms with van der Waals surface area (Å²) in [6, 6.07) is 14.1. The van der Waals surface area contributed by atoms with Crippen LogP contribution in [0.5, 0.6) is 5.75 Å². The van der Waals surface area contributed by atoms with Crippen molar-refractivity contribution >= 4 is 41.0 Å². The number of para-hydroxylation sites is 1. The molecule has 0 bridgehead atoms. The summed E-state index contributed by atoms with van der Waals surface area (Å²) in [7, 11) is 1.30. The number of ether oxygens (including phenoxy) is 2. The van der Waals surface area contributed by atoms with E-state index >= 15 is 0 Å². The molecule has 6 nitrogen and oxygen atoms in total. The summed E-state index contributed by atoms with van der Waals surface area (Å²) in [5.74, 6) is -0.117. The highest BCUT2D eigenvalue weighted by Gasteiger charge is 2.12. The van der Waals surface area contributed by atoms with E-state index in [2.05, 4.69) is 10.6 Å². The summed E-state index contributed by atoms with van der Waals surface area (Å²) in [4.78, 5) is 23.8. The van der Waals surface area contributed by atoms with Crippen molar-refractivity contribution in [3.63, 3.8) is 0 Å². The van der Waals surface area contributed by atoms with Gasteiger partial charge in [-0.2, -0.15) is 0 Å². The van der Waals surface area contributed by atoms with Gasteiger partial charge in [0.05, 0.1) is 25.0 Å². The molecule has 0 saturated heterocycles. The molecule has 0 atom stereocenters. The minimum atomic E-state index is -0.498. The third kappa shape index (κ3) is 6.23. The molecule has 0 aliphatic carbocycles. The molecule has 2 N–H and O–H groups in total. The fraction of sp³-hybridized carbons (Fsp3) is 0.150. The Bertz CT molecular complexity index is 847. The van der Waals surface area contributed by atoms with Gasteiger partial charge in [-0.1, -0.05) is 24.3 Å². The van der Waals surface area contributed by atoms with E-state index in [-0.39, 0.29) is 5.11 Å². The lowest BCUT2D eigenvalue weighted by atomic mass is 10.2. The van der Waals surface area contributed by atoms with E-state index in [1.54, 1.807) is 30.3 Å². The Morgan fingerprint density at radius 2 is 1.81 bits per heavy atom. The second-order valence-electron chi connectivity index (χ2n) is 5.32. The van der Waals surface area contributed by atoms with Crippen LogP contribution in [0, 0.1) is 0 Å². The number of anilines is 1. The maximum atomic E-state index is 12.0. The minimum Gasteiger partial charge on any atom is -0.494 e. The van der Waals surface area contributed by atoms with Gasteiger partial charge in [0.2, 0.25) is 5.91 Å². The van der Waals surface area contributed by atoms with Crippen LogP contribution >= 0.6 is 12.2 Å². The molecule has 2 aromatic rings. The Hall–Kier alpha value is -3.19. The largest absolute Gasteiger partial charge is 0.494 e. The molecule has 2 aromatic carbocycles. The van der Waals surface area contributed by atoms with Crippen LogP contribution in [0.4, 0.5) is 5.69 Å². The van der Waals surface area contributed by atoms with Gasteiger partial charge in [0.15, 0.2) is 5.11 Å². The van der Waals surface area contributed by atoms with Crippen molar-refractivity contribution in [1.82, 2.24) is 5.32 Å². The van der Waals surface area contributed by atoms with Crippen LogP contribution < -0.4 is 15.4 Å². The third-order valence-electron chi connectivity index (χ3n) is 3.44. The number of thiocarbonyl (C=S) groups is 1. The molecule has 0 fully saturated rings. The van der Waals surface area contributed by atoms with Crippen molar-refractivity contribution in [1.29, 1.82) is 0 Å². The van der Waals surface area contributed by atoms with Crippen molar-refractivity contribution in [2.75, 3.05) is 19.0 Å². The van der Waals surface area contributed by atoms with Gasteiger partial charge in [0, 0.05) is 6.08 Å². The molecule has 7 heteroatoms. The van der Waals surface area contributed by atoms with Gasteiger partial charge in [-0.25, -0.2) is 4.79 Å². The van der Waals surface area contributed by atoms with E-state index in [1.807, 2.05) is 31.2 Å². The van der Waals surface area contributed by atoms with Gasteiger partial charge in [-0.3, -0.25) is 10.1 Å². The zero-order chi connectivity index (χ0) is 19.6. The lowest BCUT2D eigenvalue weighted by Crippen LogP contribution is -2.33. The van der Waals surface area contributed by atoms with Crippen molar-refractivity contribution in [3.8, 4) is 5.75 Å². The Morgan fingerprint density at radius 3 is 2.48 bits per heavy atom. The first-order chi connectivity index (χ1) is 13.0. The first-order valence-corrected chi connectivity index (χ1v) is 8.64. The zero-order valence-corrected chi connectivity index (χ0v) is 15.8. The van der Waals surface area contributed by atoms with Crippen molar-refractivity contribution in [3.05, 3.63) is 65.7 Å². The molecule has 0 aliphatic rings. The quantitative estimate of drug-likeness (QED) is 0.452. The second kappa shape index (κ2) is 10.1. The van der Waals surface area contributed by atoms with Crippen LogP contribution in [-0.2, 0) is 9.53 Å². The molecule has 2 rings (SSSR count). The monoisotopic (exact) mass is 384 g/mol. The number of carbonyl (C=O) groups excluding carboxylic acids is 2. The summed E-state index contributed by atoms with van der Waals surface area (Å²) < 4.78 is 10.1. The number of esters is 1. The number of amides is 1. The van der Waals surface area contributed by atoms with Crippen LogP contribution in [-0.4, -0.2) is 30.7 Å². The van der Waals surface area contributed by atoms with E-state index in [0.29, 0.717) is 17.9 Å². The Labute approximate surface area is 163 Å². The van der Waals surface area contributed by atoms with Gasteiger partial charge >= 0.3 is 5.97 Å². The standard InChI is InChI=1S/C20H20N2O4S/c1-3-26-15-11-8-14(9-12-15)10-13-18(23)22-20(27)21-17-7-5-4-6-16(17)19(24)25-2/h4-13H,3H2,1-2H3,(H2,21,22,23,27)/b13-10+. The van der Waals surface area contributed by atoms with E-state index < -0.39 is 11.9 Å². The molecule has 0 radical (unpaired) electrons. The summed E-state index contributed by atoms with van der Waals surface area (Å²) in [6.45, 7) is 2.51. The van der Waals surface area contributed by atoms with Crippen molar-refractivity contribution < 1.29 is 19.1 Å². The summed E-state index contributed by atoms with van der Waals surface area (Å²) >= 11 is 5.13. The van der Waals surface area contributed by atoms with Gasteiger partial charge in [-0.05, 0) is 55.0 Å². The molecule has 0 spiro atoms. The van der Waals surface area contributed by atoms with Gasteiger partial charge in [-0.15, -0.1) is 0 Å². The van der Waals surface area contributed by atoms with Crippen LogP contribution in [0.1, 0.15) is 22.8 Å². The van der Waals surface area contributed by atoms with Gasteiger partial charge in [0.25, 0.3) is 0 Å². The first-order valence-electron chi connectivity index (χ1n) is 8.23. The topological polar surface area (TPSA) is 76.7 Å². The smallest absolute Gasteiger partial charge is 0.339 e. The molecular weight excluding hydrogens is 364 g/mol. The van der Waals surface area contributed by atoms with Crippen LogP contribution in [0.2, 0.25) is 0 Å². The molecule has 140 valence electrons. The number of benzene rings is 2. The van der Waals surface area contributed by atoms with Crippen LogP contribution in [0.15, 0.2) is 54.6 Å². The number of carbonyl (C=O) groups is 2. The molecule has 0 aliphatic heterocycles. The predicted octanol–water partition coefficient (Wildman–Crippen LogP) is 3.40. The van der Waals surface area contributed by atoms with Crippen molar-refractivity contribution in [2.24, 2.45) is 0 Å². The maximum Gasteiger partial charge on any atom is 0.339 e. The maximum absolute atomic E-state index is 12.0. The number of nitrogens with one attached hydrogen (secondary N) is 2. The number of hydrogen-bond acceptors (Lipinski definition) is 5. The second-order valence-corrected chi connectivity index (χ2v) is 5.72. The Balaban J connectivity index is 1.94. The summed E-state index contributed by atoms with van der Waals surface area (Å²) in [5.41, 5.74) is 1.62. The van der Waals surface area contributed by atoms with Crippen molar-refractivity contribution in [2.45, 2.75) is 6.92 Å². The number of methoxy groups -OCH3 is 1. The lowest BCUT2D eigenvalue weighted by molar-refractivity contribution is -0.115. The molecule has 27 heavy (non-hydrogen) atoms. The van der Waals surface area contributed by atoms with E-state index in [9.17, 15) is 9.59 Å². The minimum absolute atomic E-state index is 0.0766. The van der Waals surface area contributed by atoms with E-state index in [1.165, 1.54) is 13.2 Å². The Morgan fingerprint density at radius 1 is 1.11 bits per heavy atom. The van der Waals surface area contributed by atoms with Crippen LogP contribution in [0.3, 0.4) is 0 Å². The molecule has 1 amide bonds. The van der Waals surface area contributed by atoms with Gasteiger partial charge < -0.3 is 14.8 Å². The summed E-state index contributed by atoms with van der Waals surface area (Å²) in [6.07, 6.45) is 3.03. The van der Waals surface area contributed by atoms with Crippen LogP contribution in [0.25, 0.3) is 6.08 Å². The summed E-state index contributed by atoms with van der Waals surface area (Å²) in [5, 5.41) is 5.43. The molecule has 0 aromatic heterocycles. The highest BCUT2D eigenvalue weighted by atomic mass is 32.1. The zero-order valence-electron chi connectivity index (χ0n) is 15.0. The van der Waals surface area contributed by atoms with E-state index in [0.717, 1.165) is 11.3 Å². The lowest BCUT2D eigenvalue weighted by Gasteiger charge is -2.11. The molecular formula is C20H20N2O4S. The SMILES string of the molecule is CCOc1ccc(/C=C/C(=O)NC(=S)Nc2ccccc2C(=O)OC)cc1. The third-order valence-corrected chi connectivity index (χ3v) is 3.64. The highest BCUT2D eigenvalue weighted by Crippen LogP contribution is 2.16. The molecule has 0 heterocycles. The normalized spacial score (nSPS) is 10.3. The average molecular weight is 384 g/mol. The van der Waals surface area contributed by atoms with E-state index in [4.69, 9.17) is 21.7 Å². The number of hydrogen-bond donors (Lipinski definition) is 2.